The Hall–Kier alpha value is 0.500. The van der Waals surface area contributed by atoms with Crippen LogP contribution >= 0.6 is 23.2 Å². The van der Waals surface area contributed by atoms with Crippen LogP contribution < -0.4 is 0 Å². The molecule has 44 valence electrons. The second kappa shape index (κ2) is 4.65. The van der Waals surface area contributed by atoms with Gasteiger partial charge in [0.15, 0.2) is 5.56 Å². The van der Waals surface area contributed by atoms with E-state index in [1.165, 1.54) is 0 Å². The van der Waals surface area contributed by atoms with Crippen LogP contribution in [0.2, 0.25) is 0 Å². The van der Waals surface area contributed by atoms with E-state index < -0.39 is 5.56 Å². The van der Waals surface area contributed by atoms with Crippen molar-refractivity contribution in [2.75, 3.05) is 12.7 Å². The van der Waals surface area contributed by atoms with Crippen LogP contribution in [-0.4, -0.2) is 23.3 Å². The summed E-state index contributed by atoms with van der Waals surface area (Å²) in [7, 11) is 0. The van der Waals surface area contributed by atoms with Crippen LogP contribution in [0, 0.1) is 0 Å². The van der Waals surface area contributed by atoms with Crippen molar-refractivity contribution in [3.63, 3.8) is 0 Å². The van der Waals surface area contributed by atoms with Gasteiger partial charge in [0.1, 0.15) is 6.07 Å². The van der Waals surface area contributed by atoms with Gasteiger partial charge < -0.3 is 9.84 Å². The number of hydrogen-bond acceptors (Lipinski definition) is 2. The van der Waals surface area contributed by atoms with Crippen LogP contribution in [-0.2, 0) is 4.74 Å². The molecule has 0 aliphatic carbocycles. The van der Waals surface area contributed by atoms with Gasteiger partial charge in [-0.3, -0.25) is 0 Å². The fourth-order valence-electron chi connectivity index (χ4n) is 0.121. The third kappa shape index (κ3) is 4.35. The molecule has 0 fully saturated rings. The van der Waals surface area contributed by atoms with E-state index in [2.05, 4.69) is 4.74 Å². The van der Waals surface area contributed by atoms with Gasteiger partial charge in [-0.1, -0.05) is 23.2 Å². The van der Waals surface area contributed by atoms with Crippen LogP contribution in [0.5, 0.6) is 0 Å². The maximum absolute atomic E-state index is 8.15. The molecule has 0 radical (unpaired) electrons. The van der Waals surface area contributed by atoms with Crippen LogP contribution in [0.25, 0.3) is 0 Å². The first-order valence-corrected chi connectivity index (χ1v) is 2.71. The molecule has 0 saturated heterocycles. The number of rotatable bonds is 3. The highest BCUT2D eigenvalue weighted by Gasteiger charge is 1.97. The molecule has 7 heavy (non-hydrogen) atoms. The van der Waals surface area contributed by atoms with Crippen molar-refractivity contribution in [2.24, 2.45) is 0 Å². The lowest BCUT2D eigenvalue weighted by molar-refractivity contribution is 0.0927. The molecule has 0 aromatic carbocycles. The van der Waals surface area contributed by atoms with E-state index in [1.807, 2.05) is 0 Å². The first-order chi connectivity index (χ1) is 3.31. The maximum atomic E-state index is 8.15. The Morgan fingerprint density at radius 1 is 1.71 bits per heavy atom. The molecule has 0 saturated carbocycles. The minimum Gasteiger partial charge on any atom is -0.392 e. The Labute approximate surface area is 52.0 Å². The summed E-state index contributed by atoms with van der Waals surface area (Å²) in [5.74, 6) is 0. The lowest BCUT2D eigenvalue weighted by Crippen LogP contribution is -2.07. The van der Waals surface area contributed by atoms with E-state index >= 15 is 0 Å². The highest BCUT2D eigenvalue weighted by Crippen LogP contribution is 1.95. The molecule has 0 aromatic rings. The average molecular weight is 145 g/mol. The van der Waals surface area contributed by atoms with Crippen molar-refractivity contribution in [1.82, 2.24) is 0 Å². The first-order valence-electron chi connectivity index (χ1n) is 1.73. The lowest BCUT2D eigenvalue weighted by Gasteiger charge is -2.01. The van der Waals surface area contributed by atoms with Crippen molar-refractivity contribution >= 4 is 23.2 Å². The molecule has 1 unspecified atom stereocenters. The van der Waals surface area contributed by atoms with Crippen molar-refractivity contribution in [3.8, 4) is 0 Å². The monoisotopic (exact) mass is 144 g/mol. The van der Waals surface area contributed by atoms with Crippen LogP contribution in [0.15, 0.2) is 0 Å². The fourth-order valence-corrected chi connectivity index (χ4v) is 0.401. The predicted molar refractivity (Wildman–Crippen MR) is 28.5 cm³/mol. The fraction of sp³-hybridized carbons (Fsp3) is 1.00. The minimum atomic E-state index is -0.655. The molecule has 0 spiro atoms. The number of halogens is 2. The van der Waals surface area contributed by atoms with Crippen LogP contribution in [0.1, 0.15) is 0 Å². The molecule has 2 nitrogen and oxygen atoms in total. The highest BCUT2D eigenvalue weighted by atomic mass is 35.5. The highest BCUT2D eigenvalue weighted by molar-refractivity contribution is 6.20. The van der Waals surface area contributed by atoms with Gasteiger partial charge in [-0.2, -0.15) is 0 Å². The summed E-state index contributed by atoms with van der Waals surface area (Å²) in [5, 5.41) is 8.15. The van der Waals surface area contributed by atoms with Gasteiger partial charge in [0.25, 0.3) is 0 Å². The molecule has 4 heteroatoms. The summed E-state index contributed by atoms with van der Waals surface area (Å²) in [4.78, 5) is 0. The molecule has 1 atom stereocenters. The van der Waals surface area contributed by atoms with Crippen LogP contribution in [0.4, 0.5) is 0 Å². The molecule has 0 rings (SSSR count). The Kier molecular flexibility index (Phi) is 4.99. The first kappa shape index (κ1) is 7.50. The quantitative estimate of drug-likeness (QED) is 0.594. The van der Waals surface area contributed by atoms with Crippen molar-refractivity contribution in [3.05, 3.63) is 0 Å². The number of aliphatic hydroxyl groups is 1. The summed E-state index contributed by atoms with van der Waals surface area (Å²) in [6.07, 6.45) is 0. The SMILES string of the molecule is OCC(Cl)OCCl. The molecule has 0 aliphatic rings. The van der Waals surface area contributed by atoms with E-state index in [9.17, 15) is 0 Å². The summed E-state index contributed by atoms with van der Waals surface area (Å²) < 4.78 is 4.47. The Bertz CT molecular complexity index is 41.9. The zero-order chi connectivity index (χ0) is 5.70. The third-order valence-corrected chi connectivity index (χ3v) is 0.777. The Balaban J connectivity index is 2.83. The minimum absolute atomic E-state index is 0.0225. The maximum Gasteiger partial charge on any atom is 0.155 e. The average Bonchev–Trinajstić information content (AvgIpc) is 1.68. The van der Waals surface area contributed by atoms with E-state index in [0.29, 0.717) is 0 Å². The summed E-state index contributed by atoms with van der Waals surface area (Å²) >= 11 is 10.3. The number of ether oxygens (including phenoxy) is 1. The normalized spacial score (nSPS) is 14.1. The number of hydrogen-bond donors (Lipinski definition) is 1. The molecule has 0 aromatic heterocycles. The third-order valence-electron chi connectivity index (χ3n) is 0.387. The van der Waals surface area contributed by atoms with Crippen molar-refractivity contribution < 1.29 is 9.84 Å². The Morgan fingerprint density at radius 3 is 2.43 bits per heavy atom. The van der Waals surface area contributed by atoms with Gasteiger partial charge in [-0.05, 0) is 0 Å². The largest absolute Gasteiger partial charge is 0.392 e. The molecule has 1 N–H and O–H groups in total. The second-order valence-electron chi connectivity index (χ2n) is 0.868. The topological polar surface area (TPSA) is 29.5 Å². The lowest BCUT2D eigenvalue weighted by atomic mass is 10.8. The van der Waals surface area contributed by atoms with Crippen molar-refractivity contribution in [1.29, 1.82) is 0 Å². The molecule has 0 amide bonds. The summed E-state index contributed by atoms with van der Waals surface area (Å²) in [6.45, 7) is -0.200. The molecule has 0 bridgehead atoms. The number of aliphatic hydroxyl groups excluding tert-OH is 1. The van der Waals surface area contributed by atoms with Gasteiger partial charge in [-0.15, -0.1) is 0 Å². The van der Waals surface area contributed by atoms with Gasteiger partial charge in [-0.25, -0.2) is 0 Å². The van der Waals surface area contributed by atoms with E-state index in [1.54, 1.807) is 0 Å². The second-order valence-corrected chi connectivity index (χ2v) is 1.57. The van der Waals surface area contributed by atoms with Gasteiger partial charge in [0.05, 0.1) is 6.61 Å². The summed E-state index contributed by atoms with van der Waals surface area (Å²) in [6, 6.07) is 0.0225. The predicted octanol–water partition coefficient (Wildman–Crippen LogP) is 0.757. The van der Waals surface area contributed by atoms with Gasteiger partial charge in [0.2, 0.25) is 0 Å². The smallest absolute Gasteiger partial charge is 0.155 e. The van der Waals surface area contributed by atoms with Gasteiger partial charge >= 0.3 is 0 Å². The van der Waals surface area contributed by atoms with Crippen molar-refractivity contribution in [2.45, 2.75) is 5.56 Å². The standard InChI is InChI=1S/C3H6Cl2O2/c4-2-7-3(5)1-6/h3,6H,1-2H2. The Morgan fingerprint density at radius 2 is 2.29 bits per heavy atom. The van der Waals surface area contributed by atoms with E-state index in [0.717, 1.165) is 0 Å². The molecular weight excluding hydrogens is 139 g/mol. The molecule has 0 aliphatic heterocycles. The zero-order valence-corrected chi connectivity index (χ0v) is 5.11. The van der Waals surface area contributed by atoms with E-state index in [4.69, 9.17) is 28.3 Å². The number of alkyl halides is 2. The molecule has 0 heterocycles. The van der Waals surface area contributed by atoms with Gasteiger partial charge in [0, 0.05) is 0 Å². The van der Waals surface area contributed by atoms with E-state index in [-0.39, 0.29) is 12.7 Å². The zero-order valence-electron chi connectivity index (χ0n) is 3.60. The molecular formula is C3H6Cl2O2. The van der Waals surface area contributed by atoms with Crippen LogP contribution in [0.3, 0.4) is 0 Å². The summed E-state index contributed by atoms with van der Waals surface area (Å²) in [5.41, 5.74) is -0.655.